The van der Waals surface area contributed by atoms with E-state index in [1.54, 1.807) is 3.28 Å². The van der Waals surface area contributed by atoms with E-state index in [9.17, 15) is 0 Å². The molecule has 0 aromatic heterocycles. The zero-order valence-corrected chi connectivity index (χ0v) is 19.9. The molecule has 136 valence electrons. The van der Waals surface area contributed by atoms with Crippen LogP contribution in [0.4, 0.5) is 11.4 Å². The molecule has 0 unspecified atom stereocenters. The van der Waals surface area contributed by atoms with E-state index >= 15 is 0 Å². The molecule has 2 aromatic carbocycles. The molecule has 0 fully saturated rings. The molecule has 0 radical (unpaired) electrons. The summed E-state index contributed by atoms with van der Waals surface area (Å²) in [6.45, 7) is 11.7. The van der Waals surface area contributed by atoms with Crippen LogP contribution in [-0.4, -0.2) is 0 Å². The fraction of sp³-hybridized carbons (Fsp3) is 0.273. The molecule has 3 rings (SSSR count). The van der Waals surface area contributed by atoms with Gasteiger partial charge in [0.25, 0.3) is 0 Å². The molecule has 0 atom stereocenters. The van der Waals surface area contributed by atoms with Crippen LogP contribution in [0.1, 0.15) is 34.6 Å². The molecule has 0 N–H and O–H groups in total. The predicted octanol–water partition coefficient (Wildman–Crippen LogP) is 0.480. The standard InChI is InChI=1S/C12H10N.C10H15.2ClH.Zr/c1-3-7-11(8-4-1)13-12-9-5-2-6-10-12;1-7-6-10(4,5)9(3)8(7)2;;;/h1-10H;1-5H3;2*1H;/q-1;;;;+3/p-2. The first-order valence-corrected chi connectivity index (χ1v) is 10.8. The normalized spacial score (nSPS) is 15.1. The van der Waals surface area contributed by atoms with Gasteiger partial charge in [-0.2, -0.15) is 0 Å². The number of rotatable bonds is 4. The van der Waals surface area contributed by atoms with Crippen molar-refractivity contribution in [1.29, 1.82) is 0 Å². The van der Waals surface area contributed by atoms with Crippen LogP contribution in [0.2, 0.25) is 0 Å². The van der Waals surface area contributed by atoms with Crippen molar-refractivity contribution in [2.75, 3.05) is 2.84 Å². The van der Waals surface area contributed by atoms with Gasteiger partial charge in [0.05, 0.1) is 0 Å². The minimum Gasteiger partial charge on any atom is -1.00 e. The fourth-order valence-corrected chi connectivity index (χ4v) is 7.30. The predicted molar refractivity (Wildman–Crippen MR) is 99.9 cm³/mol. The van der Waals surface area contributed by atoms with Crippen LogP contribution in [0.3, 0.4) is 0 Å². The van der Waals surface area contributed by atoms with Crippen molar-refractivity contribution >= 4 is 11.4 Å². The van der Waals surface area contributed by atoms with Crippen LogP contribution in [0.5, 0.6) is 0 Å². The molecule has 1 aliphatic rings. The van der Waals surface area contributed by atoms with Crippen LogP contribution in [0, 0.1) is 5.41 Å². The largest absolute Gasteiger partial charge is 1.00 e. The Hall–Kier alpha value is -0.817. The number of allylic oxidation sites excluding steroid dienone is 4. The topological polar surface area (TPSA) is 3.24 Å². The zero-order valence-electron chi connectivity index (χ0n) is 16.0. The fourth-order valence-electron chi connectivity index (χ4n) is 3.36. The second-order valence-corrected chi connectivity index (χ2v) is 9.87. The van der Waals surface area contributed by atoms with Crippen LogP contribution >= 0.6 is 0 Å². The molecule has 1 nitrogen and oxygen atoms in total. The molecule has 2 aromatic rings. The Morgan fingerprint density at radius 3 is 1.46 bits per heavy atom. The summed E-state index contributed by atoms with van der Waals surface area (Å²) in [4.78, 5) is 0. The molecule has 1 aliphatic carbocycles. The molecule has 0 heterocycles. The van der Waals surface area contributed by atoms with Gasteiger partial charge in [0.2, 0.25) is 0 Å². The van der Waals surface area contributed by atoms with Gasteiger partial charge in [-0.25, -0.2) is 0 Å². The van der Waals surface area contributed by atoms with Gasteiger partial charge in [0.15, 0.2) is 0 Å². The SMILES string of the molecule is CC1=C(C)C(C)(C)[C]([Zr+2][N](c2ccccc2)c2ccccc2)=C1C.[Cl-].[Cl-]. The van der Waals surface area contributed by atoms with Gasteiger partial charge in [0, 0.05) is 0 Å². The third kappa shape index (κ3) is 4.35. The molecule has 0 saturated heterocycles. The first-order valence-electron chi connectivity index (χ1n) is 8.49. The van der Waals surface area contributed by atoms with Crippen molar-refractivity contribution < 1.29 is 48.3 Å². The second-order valence-electron chi connectivity index (χ2n) is 6.99. The van der Waals surface area contributed by atoms with Crippen LogP contribution in [0.25, 0.3) is 0 Å². The number of benzene rings is 2. The van der Waals surface area contributed by atoms with Crippen LogP contribution < -0.4 is 27.7 Å². The second kappa shape index (κ2) is 9.40. The Bertz CT molecular complexity index is 756. The number of anilines is 2. The summed E-state index contributed by atoms with van der Waals surface area (Å²) in [5, 5.41) is 0. The molecule has 0 spiro atoms. The van der Waals surface area contributed by atoms with Gasteiger partial charge in [-0.15, -0.1) is 0 Å². The van der Waals surface area contributed by atoms with Crippen molar-refractivity contribution in [2.45, 2.75) is 34.6 Å². The zero-order chi connectivity index (χ0) is 17.3. The van der Waals surface area contributed by atoms with Crippen molar-refractivity contribution in [3.63, 3.8) is 0 Å². The average Bonchev–Trinajstić information content (AvgIpc) is 2.75. The van der Waals surface area contributed by atoms with Gasteiger partial charge < -0.3 is 24.8 Å². The van der Waals surface area contributed by atoms with Gasteiger partial charge in [-0.05, 0) is 0 Å². The molecule has 0 amide bonds. The molecule has 4 heteroatoms. The van der Waals surface area contributed by atoms with Crippen LogP contribution in [-0.2, 0) is 23.5 Å². The third-order valence-electron chi connectivity index (χ3n) is 5.31. The van der Waals surface area contributed by atoms with E-state index < -0.39 is 23.5 Å². The molecular weight excluding hydrogens is 440 g/mol. The van der Waals surface area contributed by atoms with Crippen molar-refractivity contribution in [3.8, 4) is 0 Å². The van der Waals surface area contributed by atoms with Gasteiger partial charge in [-0.3, -0.25) is 0 Å². The summed E-state index contributed by atoms with van der Waals surface area (Å²) in [5.74, 6) is 0. The summed E-state index contributed by atoms with van der Waals surface area (Å²) < 4.78 is 4.28. The summed E-state index contributed by atoms with van der Waals surface area (Å²) in [5.41, 5.74) is 7.39. The van der Waals surface area contributed by atoms with E-state index in [-0.39, 0.29) is 30.2 Å². The number of para-hydroxylation sites is 2. The van der Waals surface area contributed by atoms with Crippen LogP contribution in [0.15, 0.2) is 80.7 Å². The maximum Gasteiger partial charge on any atom is -1.00 e. The van der Waals surface area contributed by atoms with E-state index in [4.69, 9.17) is 0 Å². The quantitative estimate of drug-likeness (QED) is 0.635. The minimum atomic E-state index is -0.988. The molecule has 0 aliphatic heterocycles. The Balaban J connectivity index is 0.00000169. The molecule has 26 heavy (non-hydrogen) atoms. The maximum absolute atomic E-state index is 2.59. The van der Waals surface area contributed by atoms with Crippen molar-refractivity contribution in [1.82, 2.24) is 0 Å². The molecular formula is C22H25Cl2NZr. The third-order valence-corrected chi connectivity index (χ3v) is 10.1. The van der Waals surface area contributed by atoms with E-state index in [0.29, 0.717) is 0 Å². The Kier molecular flexibility index (Phi) is 8.40. The monoisotopic (exact) mass is 463 g/mol. The van der Waals surface area contributed by atoms with Gasteiger partial charge in [-0.1, -0.05) is 0 Å². The minimum absolute atomic E-state index is 0. The van der Waals surface area contributed by atoms with Gasteiger partial charge >= 0.3 is 158 Å². The average molecular weight is 466 g/mol. The number of hydrogen-bond acceptors (Lipinski definition) is 1. The van der Waals surface area contributed by atoms with E-state index in [1.165, 1.54) is 28.1 Å². The smallest absolute Gasteiger partial charge is 1.00 e. The number of hydrogen-bond donors (Lipinski definition) is 0. The first-order chi connectivity index (χ1) is 11.4. The summed E-state index contributed by atoms with van der Waals surface area (Å²) >= 11 is -0.988. The summed E-state index contributed by atoms with van der Waals surface area (Å²) in [7, 11) is 0. The van der Waals surface area contributed by atoms with Crippen molar-refractivity contribution in [3.05, 3.63) is 80.7 Å². The Morgan fingerprint density at radius 1 is 0.692 bits per heavy atom. The number of nitrogens with zero attached hydrogens (tertiary/aromatic N) is 1. The summed E-state index contributed by atoms with van der Waals surface area (Å²) in [6.07, 6.45) is 0. The Morgan fingerprint density at radius 2 is 1.12 bits per heavy atom. The maximum atomic E-state index is 2.59. The molecule has 0 saturated carbocycles. The van der Waals surface area contributed by atoms with Crippen molar-refractivity contribution in [2.24, 2.45) is 5.41 Å². The molecule has 0 bridgehead atoms. The summed E-state index contributed by atoms with van der Waals surface area (Å²) in [6, 6.07) is 21.7. The van der Waals surface area contributed by atoms with E-state index in [0.717, 1.165) is 0 Å². The first kappa shape index (κ1) is 23.2. The van der Waals surface area contributed by atoms with Gasteiger partial charge in [0.1, 0.15) is 0 Å². The number of halogens is 2. The Labute approximate surface area is 182 Å². The van der Waals surface area contributed by atoms with E-state index in [2.05, 4.69) is 98.1 Å². The van der Waals surface area contributed by atoms with E-state index in [1.807, 2.05) is 0 Å².